The first-order chi connectivity index (χ1) is 8.96. The Hall–Kier alpha value is -1.11. The van der Waals surface area contributed by atoms with Crippen LogP contribution in [0.4, 0.5) is 0 Å². The van der Waals surface area contributed by atoms with Crippen molar-refractivity contribution >= 4 is 5.57 Å². The highest BCUT2D eigenvalue weighted by Crippen LogP contribution is 2.12. The monoisotopic (exact) mass is 263 g/mol. The molecule has 0 N–H and O–H groups in total. The molecule has 0 atom stereocenters. The Morgan fingerprint density at radius 3 is 1.84 bits per heavy atom. The minimum atomic E-state index is 0.988. The molecule has 0 bridgehead atoms. The zero-order valence-corrected chi connectivity index (χ0v) is 14.1. The summed E-state index contributed by atoms with van der Waals surface area (Å²) in [6.07, 6.45) is 4.88. The molecule has 1 heterocycles. The maximum absolute atomic E-state index is 4.45. The fraction of sp³-hybridized carbons (Fsp3) is 0.611. The Morgan fingerprint density at radius 2 is 1.53 bits per heavy atom. The van der Waals surface area contributed by atoms with Gasteiger partial charge in [0.05, 0.1) is 5.69 Å². The molecule has 1 rings (SSSR count). The van der Waals surface area contributed by atoms with Crippen molar-refractivity contribution in [2.45, 2.75) is 74.1 Å². The van der Waals surface area contributed by atoms with Gasteiger partial charge in [-0.1, -0.05) is 60.5 Å². The van der Waals surface area contributed by atoms with Gasteiger partial charge in [-0.05, 0) is 43.5 Å². The predicted octanol–water partition coefficient (Wildman–Crippen LogP) is 6.21. The van der Waals surface area contributed by atoms with E-state index in [1.54, 1.807) is 0 Å². The van der Waals surface area contributed by atoms with Crippen molar-refractivity contribution in [1.29, 1.82) is 0 Å². The largest absolute Gasteiger partial charge is 0.253 e. The van der Waals surface area contributed by atoms with Gasteiger partial charge in [-0.2, -0.15) is 0 Å². The van der Waals surface area contributed by atoms with Crippen LogP contribution in [-0.2, 0) is 6.42 Å². The van der Waals surface area contributed by atoms with E-state index in [2.05, 4.69) is 65.2 Å². The lowest BCUT2D eigenvalue weighted by atomic mass is 10.1. The molecule has 0 spiro atoms. The maximum Gasteiger partial charge on any atom is 0.0658 e. The molecule has 1 nitrogen and oxygen atoms in total. The van der Waals surface area contributed by atoms with E-state index in [4.69, 9.17) is 0 Å². The summed E-state index contributed by atoms with van der Waals surface area (Å²) in [5, 5.41) is 0. The number of hydrogen-bond donors (Lipinski definition) is 0. The molecule has 1 heteroatoms. The molecule has 1 aromatic rings. The topological polar surface area (TPSA) is 12.9 Å². The fourth-order valence-electron chi connectivity index (χ4n) is 1.14. The third kappa shape index (κ3) is 11.7. The first-order valence-electron chi connectivity index (χ1n) is 7.59. The van der Waals surface area contributed by atoms with Crippen molar-refractivity contribution in [2.75, 3.05) is 0 Å². The highest BCUT2D eigenvalue weighted by Gasteiger charge is 1.98. The van der Waals surface area contributed by atoms with Gasteiger partial charge < -0.3 is 0 Å². The summed E-state index contributed by atoms with van der Waals surface area (Å²) in [5.41, 5.74) is 4.47. The van der Waals surface area contributed by atoms with Crippen LogP contribution in [0.3, 0.4) is 0 Å². The van der Waals surface area contributed by atoms with Gasteiger partial charge in [0.1, 0.15) is 0 Å². The Balaban J connectivity index is 0. The second-order valence-electron chi connectivity index (χ2n) is 4.86. The van der Waals surface area contributed by atoms with Gasteiger partial charge in [-0.3, -0.25) is 4.98 Å². The van der Waals surface area contributed by atoms with Crippen molar-refractivity contribution in [3.63, 3.8) is 0 Å². The van der Waals surface area contributed by atoms with Crippen LogP contribution < -0.4 is 0 Å². The van der Waals surface area contributed by atoms with E-state index in [0.717, 1.165) is 23.4 Å². The fourth-order valence-corrected chi connectivity index (χ4v) is 1.14. The molecule has 0 amide bonds. The minimum absolute atomic E-state index is 0.988. The molecule has 1 aromatic heterocycles. The summed E-state index contributed by atoms with van der Waals surface area (Å²) in [5.74, 6) is 0. The van der Waals surface area contributed by atoms with Crippen LogP contribution in [0.15, 0.2) is 18.7 Å². The molecular weight excluding hydrogens is 230 g/mol. The molecule has 0 aliphatic heterocycles. The van der Waals surface area contributed by atoms with Crippen LogP contribution >= 0.6 is 0 Å². The van der Waals surface area contributed by atoms with Crippen molar-refractivity contribution < 1.29 is 0 Å². The number of aryl methyl sites for hydroxylation is 2. The SMILES string of the molecule is C=C(C)c1cc(C)cc(CC)n1.CCC.CCCC. The van der Waals surface area contributed by atoms with Crippen LogP contribution in [0, 0.1) is 6.92 Å². The number of aromatic nitrogens is 1. The molecule has 0 aromatic carbocycles. The number of allylic oxidation sites excluding steroid dienone is 1. The van der Waals surface area contributed by atoms with E-state index < -0.39 is 0 Å². The third-order valence-electron chi connectivity index (χ3n) is 2.32. The van der Waals surface area contributed by atoms with Gasteiger partial charge in [0.25, 0.3) is 0 Å². The average Bonchev–Trinajstić information content (AvgIpc) is 2.39. The molecule has 0 saturated heterocycles. The predicted molar refractivity (Wildman–Crippen MR) is 89.6 cm³/mol. The second-order valence-corrected chi connectivity index (χ2v) is 4.86. The smallest absolute Gasteiger partial charge is 0.0658 e. The van der Waals surface area contributed by atoms with Gasteiger partial charge in [0.15, 0.2) is 0 Å². The molecule has 19 heavy (non-hydrogen) atoms. The van der Waals surface area contributed by atoms with Gasteiger partial charge in [-0.25, -0.2) is 0 Å². The molecular formula is C18H33N. The van der Waals surface area contributed by atoms with Crippen molar-refractivity contribution in [2.24, 2.45) is 0 Å². The van der Waals surface area contributed by atoms with Crippen molar-refractivity contribution in [3.05, 3.63) is 35.7 Å². The van der Waals surface area contributed by atoms with Crippen LogP contribution in [-0.4, -0.2) is 4.98 Å². The summed E-state index contributed by atoms with van der Waals surface area (Å²) in [6, 6.07) is 4.19. The number of unbranched alkanes of at least 4 members (excludes halogenated alkanes) is 1. The lowest BCUT2D eigenvalue weighted by Crippen LogP contribution is -1.93. The molecule has 0 aliphatic carbocycles. The van der Waals surface area contributed by atoms with E-state index in [1.807, 2.05) is 6.92 Å². The van der Waals surface area contributed by atoms with Crippen LogP contribution in [0.1, 0.15) is 77.8 Å². The van der Waals surface area contributed by atoms with Gasteiger partial charge in [0, 0.05) is 5.69 Å². The quantitative estimate of drug-likeness (QED) is 0.632. The number of hydrogen-bond acceptors (Lipinski definition) is 1. The normalized spacial score (nSPS) is 8.79. The molecule has 0 radical (unpaired) electrons. The van der Waals surface area contributed by atoms with Crippen LogP contribution in [0.25, 0.3) is 5.57 Å². The van der Waals surface area contributed by atoms with Crippen molar-refractivity contribution in [1.82, 2.24) is 4.98 Å². The van der Waals surface area contributed by atoms with Gasteiger partial charge >= 0.3 is 0 Å². The maximum atomic E-state index is 4.45. The number of pyridine rings is 1. The summed E-state index contributed by atoms with van der Waals surface area (Å²) >= 11 is 0. The molecule has 110 valence electrons. The Labute approximate surface area is 121 Å². The average molecular weight is 263 g/mol. The van der Waals surface area contributed by atoms with Crippen LogP contribution in [0.2, 0.25) is 0 Å². The second kappa shape index (κ2) is 13.3. The van der Waals surface area contributed by atoms with E-state index in [9.17, 15) is 0 Å². The third-order valence-corrected chi connectivity index (χ3v) is 2.32. The number of nitrogens with zero attached hydrogens (tertiary/aromatic N) is 1. The van der Waals surface area contributed by atoms with Gasteiger partial charge in [0.2, 0.25) is 0 Å². The molecule has 0 unspecified atom stereocenters. The first kappa shape index (κ1) is 20.2. The zero-order chi connectivity index (χ0) is 15.3. The number of rotatable bonds is 3. The van der Waals surface area contributed by atoms with E-state index in [-0.39, 0.29) is 0 Å². The van der Waals surface area contributed by atoms with Gasteiger partial charge in [-0.15, -0.1) is 0 Å². The standard InChI is InChI=1S/C11H15N.C4H10.C3H8/c1-5-10-6-9(4)7-11(12-10)8(2)3;1-3-4-2;1-3-2/h6-7H,2,5H2,1,3-4H3;3-4H2,1-2H3;3H2,1-2H3. The lowest BCUT2D eigenvalue weighted by molar-refractivity contribution is 0.886. The molecule has 0 saturated carbocycles. The highest BCUT2D eigenvalue weighted by molar-refractivity contribution is 5.58. The summed E-state index contributed by atoms with van der Waals surface area (Å²) in [7, 11) is 0. The molecule has 0 aliphatic rings. The first-order valence-corrected chi connectivity index (χ1v) is 7.59. The lowest BCUT2D eigenvalue weighted by Gasteiger charge is -2.03. The van der Waals surface area contributed by atoms with E-state index in [0.29, 0.717) is 0 Å². The zero-order valence-electron chi connectivity index (χ0n) is 14.1. The van der Waals surface area contributed by atoms with E-state index >= 15 is 0 Å². The Morgan fingerprint density at radius 1 is 1.05 bits per heavy atom. The van der Waals surface area contributed by atoms with Crippen LogP contribution in [0.5, 0.6) is 0 Å². The van der Waals surface area contributed by atoms with E-state index in [1.165, 1.54) is 24.8 Å². The van der Waals surface area contributed by atoms with Crippen molar-refractivity contribution in [3.8, 4) is 0 Å². The summed E-state index contributed by atoms with van der Waals surface area (Å²) < 4.78 is 0. The summed E-state index contributed by atoms with van der Waals surface area (Å²) in [6.45, 7) is 18.7. The minimum Gasteiger partial charge on any atom is -0.253 e. The Kier molecular flexibility index (Phi) is 14.2. The Bertz CT molecular complexity index is 338. The highest BCUT2D eigenvalue weighted by atomic mass is 14.7. The molecule has 0 fully saturated rings. The summed E-state index contributed by atoms with van der Waals surface area (Å²) in [4.78, 5) is 4.45.